The molecule has 37 heavy (non-hydrogen) atoms. The number of hydrogen-bond donors (Lipinski definition) is 2. The fourth-order valence-corrected chi connectivity index (χ4v) is 5.08. The highest BCUT2D eigenvalue weighted by atomic mass is 16.5. The first-order valence-corrected chi connectivity index (χ1v) is 14.5. The van der Waals surface area contributed by atoms with Gasteiger partial charge in [0.1, 0.15) is 11.9 Å². The Bertz CT molecular complexity index is 659. The molecular weight excluding hydrogens is 460 g/mol. The van der Waals surface area contributed by atoms with Gasteiger partial charge in [-0.2, -0.15) is 0 Å². The summed E-state index contributed by atoms with van der Waals surface area (Å²) in [4.78, 5) is 15.1. The molecule has 5 nitrogen and oxygen atoms in total. The van der Waals surface area contributed by atoms with E-state index in [4.69, 9.17) is 4.74 Å². The maximum absolute atomic E-state index is 12.7. The fourth-order valence-electron chi connectivity index (χ4n) is 5.08. The van der Waals surface area contributed by atoms with Crippen LogP contribution >= 0.6 is 0 Å². The van der Waals surface area contributed by atoms with E-state index >= 15 is 0 Å². The summed E-state index contributed by atoms with van der Waals surface area (Å²) in [6.07, 6.45) is 19.1. The number of hydrogen-bond acceptors (Lipinski definition) is 4. The molecule has 1 heterocycles. The lowest BCUT2D eigenvalue weighted by Crippen LogP contribution is -2.46. The first kappa shape index (κ1) is 35.4. The first-order valence-electron chi connectivity index (χ1n) is 14.5. The number of ether oxygens (including phenoxy) is 1. The monoisotopic (exact) mass is 520 g/mol. The Balaban J connectivity index is 0.00000648. The van der Waals surface area contributed by atoms with Crippen molar-refractivity contribution >= 4 is 5.91 Å². The number of amides is 1. The van der Waals surface area contributed by atoms with Crippen LogP contribution in [0.1, 0.15) is 136 Å². The molecule has 1 fully saturated rings. The van der Waals surface area contributed by atoms with E-state index in [0.29, 0.717) is 13.0 Å². The molecule has 0 saturated carbocycles. The average Bonchev–Trinajstić information content (AvgIpc) is 3.39. The number of rotatable bonds is 20. The summed E-state index contributed by atoms with van der Waals surface area (Å²) in [6, 6.07) is 7.20. The number of carbonyl (C=O) groups is 1. The van der Waals surface area contributed by atoms with Crippen molar-refractivity contribution in [2.45, 2.75) is 137 Å². The molecule has 1 aliphatic heterocycles. The van der Waals surface area contributed by atoms with E-state index in [-0.39, 0.29) is 26.8 Å². The lowest BCUT2D eigenvalue weighted by Gasteiger charge is -2.29. The number of aliphatic hydroxyl groups is 1. The zero-order chi connectivity index (χ0) is 25.1. The smallest absolute Gasteiger partial charge is 0.220 e. The highest BCUT2D eigenvalue weighted by molar-refractivity contribution is 5.76. The van der Waals surface area contributed by atoms with E-state index in [2.05, 4.69) is 17.1 Å². The molecule has 2 atom stereocenters. The Morgan fingerprint density at radius 2 is 1.35 bits per heavy atom. The maximum Gasteiger partial charge on any atom is 0.220 e. The van der Waals surface area contributed by atoms with Crippen molar-refractivity contribution in [3.05, 3.63) is 29.8 Å². The molecule has 2 rings (SSSR count). The maximum atomic E-state index is 12.7. The minimum Gasteiger partial charge on any atom is -0.497 e. The third-order valence-corrected chi connectivity index (χ3v) is 7.35. The van der Waals surface area contributed by atoms with Crippen molar-refractivity contribution in [2.75, 3.05) is 26.7 Å². The predicted molar refractivity (Wildman–Crippen MR) is 159 cm³/mol. The van der Waals surface area contributed by atoms with Gasteiger partial charge in [-0.05, 0) is 50.0 Å². The molecule has 1 aliphatic rings. The van der Waals surface area contributed by atoms with Gasteiger partial charge < -0.3 is 20.1 Å². The van der Waals surface area contributed by atoms with Gasteiger partial charge in [0.25, 0.3) is 0 Å². The van der Waals surface area contributed by atoms with Crippen LogP contribution in [-0.2, 0) is 4.79 Å². The van der Waals surface area contributed by atoms with Crippen molar-refractivity contribution in [1.82, 2.24) is 10.2 Å². The summed E-state index contributed by atoms with van der Waals surface area (Å²) in [7, 11) is 1.64. The lowest BCUT2D eigenvalue weighted by atomic mass is 10.0. The Hall–Kier alpha value is -1.59. The SMILES string of the molecule is C.C.CCCCCCCCCCCCCCCC(=O)N[C@@H](CN1CCCC1)[C@@H](O)c1ccc(OC)cc1. The van der Waals surface area contributed by atoms with E-state index in [0.717, 1.165) is 37.2 Å². The Morgan fingerprint density at radius 1 is 0.865 bits per heavy atom. The molecule has 5 heteroatoms. The minimum absolute atomic E-state index is 0. The van der Waals surface area contributed by atoms with Crippen molar-refractivity contribution in [3.63, 3.8) is 0 Å². The summed E-state index contributed by atoms with van der Waals surface area (Å²) in [5.41, 5.74) is 0.816. The van der Waals surface area contributed by atoms with E-state index in [1.54, 1.807) is 7.11 Å². The predicted octanol–water partition coefficient (Wildman–Crippen LogP) is 8.06. The normalized spacial score (nSPS) is 14.9. The molecule has 2 N–H and O–H groups in total. The molecule has 0 radical (unpaired) electrons. The molecule has 1 saturated heterocycles. The van der Waals surface area contributed by atoms with Crippen molar-refractivity contribution in [1.29, 1.82) is 0 Å². The van der Waals surface area contributed by atoms with Crippen LogP contribution in [0.3, 0.4) is 0 Å². The summed E-state index contributed by atoms with van der Waals surface area (Å²) in [6.45, 7) is 5.05. The van der Waals surface area contributed by atoms with Gasteiger partial charge in [0.2, 0.25) is 5.91 Å². The van der Waals surface area contributed by atoms with Gasteiger partial charge in [-0.3, -0.25) is 4.79 Å². The highest BCUT2D eigenvalue weighted by Gasteiger charge is 2.26. The number of carbonyl (C=O) groups excluding carboxylic acids is 1. The van der Waals surface area contributed by atoms with Crippen molar-refractivity contribution in [3.8, 4) is 5.75 Å². The number of methoxy groups -OCH3 is 1. The molecule has 1 amide bonds. The summed E-state index contributed by atoms with van der Waals surface area (Å²) >= 11 is 0. The largest absolute Gasteiger partial charge is 0.497 e. The van der Waals surface area contributed by atoms with E-state index in [1.807, 2.05) is 24.3 Å². The molecule has 0 aliphatic carbocycles. The van der Waals surface area contributed by atoms with Crippen molar-refractivity contribution in [2.24, 2.45) is 0 Å². The molecule has 1 aromatic carbocycles. The van der Waals surface area contributed by atoms with Crippen LogP contribution in [-0.4, -0.2) is 48.7 Å². The topological polar surface area (TPSA) is 61.8 Å². The number of nitrogens with zero attached hydrogens (tertiary/aromatic N) is 1. The average molecular weight is 521 g/mol. The fraction of sp³-hybridized carbons (Fsp3) is 0.781. The summed E-state index contributed by atoms with van der Waals surface area (Å²) < 4.78 is 5.23. The molecule has 0 spiro atoms. The second kappa shape index (κ2) is 22.4. The van der Waals surface area contributed by atoms with Crippen LogP contribution in [0.2, 0.25) is 0 Å². The van der Waals surface area contributed by atoms with E-state index in [9.17, 15) is 9.90 Å². The number of likely N-dealkylation sites (tertiary alicyclic amines) is 1. The molecule has 216 valence electrons. The highest BCUT2D eigenvalue weighted by Crippen LogP contribution is 2.22. The van der Waals surface area contributed by atoms with E-state index in [1.165, 1.54) is 83.5 Å². The van der Waals surface area contributed by atoms with Crippen LogP contribution < -0.4 is 10.1 Å². The minimum atomic E-state index is -0.725. The van der Waals surface area contributed by atoms with Crippen LogP contribution in [0.15, 0.2) is 24.3 Å². The van der Waals surface area contributed by atoms with Gasteiger partial charge in [0, 0.05) is 13.0 Å². The number of unbranched alkanes of at least 4 members (excludes halogenated alkanes) is 12. The molecule has 0 bridgehead atoms. The number of aliphatic hydroxyl groups excluding tert-OH is 1. The van der Waals surface area contributed by atoms with Crippen LogP contribution in [0.25, 0.3) is 0 Å². The van der Waals surface area contributed by atoms with Crippen LogP contribution in [0.5, 0.6) is 5.75 Å². The second-order valence-corrected chi connectivity index (χ2v) is 10.4. The van der Waals surface area contributed by atoms with E-state index < -0.39 is 6.10 Å². The second-order valence-electron chi connectivity index (χ2n) is 10.4. The third kappa shape index (κ3) is 15.4. The molecule has 1 aromatic rings. The Kier molecular flexibility index (Phi) is 21.4. The van der Waals surface area contributed by atoms with Gasteiger partial charge in [-0.25, -0.2) is 0 Å². The zero-order valence-electron chi connectivity index (χ0n) is 22.6. The molecule has 0 unspecified atom stereocenters. The number of nitrogens with one attached hydrogen (secondary N) is 1. The van der Waals surface area contributed by atoms with Crippen molar-refractivity contribution < 1.29 is 14.6 Å². The van der Waals surface area contributed by atoms with Crippen LogP contribution in [0.4, 0.5) is 0 Å². The Labute approximate surface area is 229 Å². The summed E-state index contributed by atoms with van der Waals surface area (Å²) in [5, 5.41) is 14.2. The van der Waals surface area contributed by atoms with Gasteiger partial charge in [0.05, 0.1) is 13.2 Å². The van der Waals surface area contributed by atoms with Gasteiger partial charge in [0.15, 0.2) is 0 Å². The van der Waals surface area contributed by atoms with Gasteiger partial charge >= 0.3 is 0 Å². The third-order valence-electron chi connectivity index (χ3n) is 7.35. The van der Waals surface area contributed by atoms with Gasteiger partial charge in [-0.1, -0.05) is 111 Å². The summed E-state index contributed by atoms with van der Waals surface area (Å²) in [5.74, 6) is 0.827. The lowest BCUT2D eigenvalue weighted by molar-refractivity contribution is -0.123. The molecular formula is C32H60N2O3. The Morgan fingerprint density at radius 3 is 1.84 bits per heavy atom. The van der Waals surface area contributed by atoms with Crippen LogP contribution in [0, 0.1) is 0 Å². The molecule has 0 aromatic heterocycles. The zero-order valence-corrected chi connectivity index (χ0v) is 22.6. The number of benzene rings is 1. The van der Waals surface area contributed by atoms with Gasteiger partial charge in [-0.15, -0.1) is 0 Å². The first-order chi connectivity index (χ1) is 17.1. The quantitative estimate of drug-likeness (QED) is 0.171. The standard InChI is InChI=1S/C30H52N2O3.2CH4/c1-3-4-5-6-7-8-9-10-11-12-13-14-15-18-29(33)31-28(25-32-23-16-17-24-32)30(34)26-19-21-27(35-2)22-20-26;;/h19-22,28,30,34H,3-18,23-25H2,1-2H3,(H,31,33);2*1H4/t28-,30-;;/m0../s1.